The van der Waals surface area contributed by atoms with Crippen LogP contribution in [0.1, 0.15) is 38.1 Å². The van der Waals surface area contributed by atoms with Crippen LogP contribution in [-0.4, -0.2) is 76.8 Å². The van der Waals surface area contributed by atoms with Gasteiger partial charge in [0.15, 0.2) is 6.29 Å². The number of piperazine rings is 1. The highest BCUT2D eigenvalue weighted by molar-refractivity contribution is 5.82. The summed E-state index contributed by atoms with van der Waals surface area (Å²) in [7, 11) is 0. The summed E-state index contributed by atoms with van der Waals surface area (Å²) in [6.07, 6.45) is 2.22. The molecule has 0 aliphatic carbocycles. The quantitative estimate of drug-likeness (QED) is 0.713. The van der Waals surface area contributed by atoms with Crippen LogP contribution in [0.2, 0.25) is 0 Å². The molecule has 0 spiro atoms. The van der Waals surface area contributed by atoms with E-state index in [1.54, 1.807) is 0 Å². The Morgan fingerprint density at radius 2 is 2.04 bits per heavy atom. The number of carbonyl (C=O) groups is 2. The van der Waals surface area contributed by atoms with E-state index in [4.69, 9.17) is 0 Å². The number of hydrogen-bond acceptors (Lipinski definition) is 7. The fourth-order valence-electron chi connectivity index (χ4n) is 2.69. The zero-order valence-corrected chi connectivity index (χ0v) is 15.5. The minimum Gasteiger partial charge on any atom is -0.368 e. The van der Waals surface area contributed by atoms with Crippen LogP contribution in [0.25, 0.3) is 0 Å². The molecule has 0 radical (unpaired) electrons. The molecule has 1 saturated heterocycles. The summed E-state index contributed by atoms with van der Waals surface area (Å²) in [5, 5.41) is 6.16. The number of amides is 1. The monoisotopic (exact) mass is 348 g/mol. The second kappa shape index (κ2) is 8.24. The smallest absolute Gasteiger partial charge is 0.236 e. The molecule has 0 aromatic carbocycles. The molecule has 1 fully saturated rings. The van der Waals surface area contributed by atoms with Gasteiger partial charge >= 0.3 is 0 Å². The average molecular weight is 348 g/mol. The highest BCUT2D eigenvalue weighted by Crippen LogP contribution is 2.16. The lowest BCUT2D eigenvalue weighted by atomic mass is 10.0. The molecule has 1 aliphatic rings. The second-order valence-electron chi connectivity index (χ2n) is 7.05. The topological polar surface area (TPSA) is 90.5 Å². The molecule has 1 aromatic rings. The third-order valence-electron chi connectivity index (χ3n) is 4.22. The zero-order valence-electron chi connectivity index (χ0n) is 15.5. The van der Waals surface area contributed by atoms with E-state index in [1.807, 2.05) is 11.8 Å². The van der Waals surface area contributed by atoms with E-state index < -0.39 is 0 Å². The van der Waals surface area contributed by atoms with Gasteiger partial charge in [-0.1, -0.05) is 0 Å². The fraction of sp³-hybridized carbons (Fsp3) is 0.647. The molecule has 0 bridgehead atoms. The van der Waals surface area contributed by atoms with Crippen LogP contribution in [0, 0.1) is 0 Å². The Hall–Kier alpha value is -2.22. The highest BCUT2D eigenvalue weighted by atomic mass is 16.2. The van der Waals surface area contributed by atoms with Gasteiger partial charge in [-0.15, -0.1) is 0 Å². The lowest BCUT2D eigenvalue weighted by Crippen LogP contribution is -2.56. The maximum atomic E-state index is 12.3. The first-order chi connectivity index (χ1) is 11.8. The van der Waals surface area contributed by atoms with Crippen molar-refractivity contribution in [3.63, 3.8) is 0 Å². The molecule has 2 N–H and O–H groups in total. The van der Waals surface area contributed by atoms with Crippen molar-refractivity contribution in [2.24, 2.45) is 0 Å². The van der Waals surface area contributed by atoms with Crippen molar-refractivity contribution < 1.29 is 9.59 Å². The maximum absolute atomic E-state index is 12.3. The first-order valence-corrected chi connectivity index (χ1v) is 8.68. The third-order valence-corrected chi connectivity index (χ3v) is 4.22. The van der Waals surface area contributed by atoms with Crippen molar-refractivity contribution in [1.82, 2.24) is 19.8 Å². The number of carbonyl (C=O) groups excluding carboxylic acids is 2. The van der Waals surface area contributed by atoms with E-state index >= 15 is 0 Å². The van der Waals surface area contributed by atoms with Crippen LogP contribution >= 0.6 is 0 Å². The lowest BCUT2D eigenvalue weighted by molar-refractivity contribution is -0.138. The van der Waals surface area contributed by atoms with Gasteiger partial charge < -0.3 is 15.5 Å². The molecule has 0 unspecified atom stereocenters. The van der Waals surface area contributed by atoms with E-state index in [2.05, 4.69) is 46.3 Å². The van der Waals surface area contributed by atoms with Gasteiger partial charge in [-0.2, -0.15) is 4.98 Å². The number of rotatable bonds is 7. The number of aldehydes is 1. The summed E-state index contributed by atoms with van der Waals surface area (Å²) in [6, 6.07) is 0. The van der Waals surface area contributed by atoms with Crippen molar-refractivity contribution in [1.29, 1.82) is 0 Å². The van der Waals surface area contributed by atoms with Gasteiger partial charge in [0.05, 0.1) is 12.1 Å². The lowest BCUT2D eigenvalue weighted by Gasteiger charge is -2.41. The molecule has 1 amide bonds. The normalized spacial score (nSPS) is 16.0. The van der Waals surface area contributed by atoms with Crippen molar-refractivity contribution >= 4 is 24.0 Å². The predicted molar refractivity (Wildman–Crippen MR) is 98.0 cm³/mol. The number of nitrogens with one attached hydrogen (secondary N) is 2. The van der Waals surface area contributed by atoms with Gasteiger partial charge in [-0.25, -0.2) is 4.98 Å². The fourth-order valence-corrected chi connectivity index (χ4v) is 2.69. The Kier molecular flexibility index (Phi) is 6.30. The SMILES string of the molecule is CCNc1ncc(C=O)c(NCCN2CCN(C(C)(C)C)CC2=O)n1. The predicted octanol–water partition coefficient (Wildman–Crippen LogP) is 1.08. The maximum Gasteiger partial charge on any atom is 0.236 e. The van der Waals surface area contributed by atoms with Gasteiger partial charge in [0.25, 0.3) is 0 Å². The van der Waals surface area contributed by atoms with Gasteiger partial charge in [0.1, 0.15) is 5.82 Å². The number of aromatic nitrogens is 2. The highest BCUT2D eigenvalue weighted by Gasteiger charge is 2.30. The van der Waals surface area contributed by atoms with Crippen LogP contribution in [0.15, 0.2) is 6.20 Å². The second-order valence-corrected chi connectivity index (χ2v) is 7.05. The molecule has 8 nitrogen and oxygen atoms in total. The first kappa shape index (κ1) is 19.1. The summed E-state index contributed by atoms with van der Waals surface area (Å²) >= 11 is 0. The Morgan fingerprint density at radius 3 is 2.64 bits per heavy atom. The molecule has 2 heterocycles. The van der Waals surface area contributed by atoms with E-state index in [0.717, 1.165) is 12.8 Å². The van der Waals surface area contributed by atoms with Crippen LogP contribution in [-0.2, 0) is 4.79 Å². The molecule has 2 rings (SSSR count). The number of hydrogen-bond donors (Lipinski definition) is 2. The molecule has 25 heavy (non-hydrogen) atoms. The summed E-state index contributed by atoms with van der Waals surface area (Å²) in [4.78, 5) is 35.9. The molecule has 8 heteroatoms. The van der Waals surface area contributed by atoms with Crippen LogP contribution in [0.4, 0.5) is 11.8 Å². The van der Waals surface area contributed by atoms with Crippen molar-refractivity contribution in [3.8, 4) is 0 Å². The van der Waals surface area contributed by atoms with Crippen LogP contribution in [0.5, 0.6) is 0 Å². The molecule has 1 aliphatic heterocycles. The molecule has 0 atom stereocenters. The van der Waals surface area contributed by atoms with Crippen LogP contribution < -0.4 is 10.6 Å². The Morgan fingerprint density at radius 1 is 1.28 bits per heavy atom. The van der Waals surface area contributed by atoms with Crippen LogP contribution in [0.3, 0.4) is 0 Å². The van der Waals surface area contributed by atoms with Gasteiger partial charge in [0, 0.05) is 44.5 Å². The Balaban J connectivity index is 1.90. The summed E-state index contributed by atoms with van der Waals surface area (Å²) in [5.74, 6) is 1.10. The summed E-state index contributed by atoms with van der Waals surface area (Å²) < 4.78 is 0. The molecular formula is C17H28N6O2. The number of nitrogens with zero attached hydrogens (tertiary/aromatic N) is 4. The molecule has 138 valence electrons. The van der Waals surface area contributed by atoms with E-state index in [-0.39, 0.29) is 11.4 Å². The van der Waals surface area contributed by atoms with Gasteiger partial charge in [0.2, 0.25) is 11.9 Å². The molecular weight excluding hydrogens is 320 g/mol. The van der Waals surface area contributed by atoms with Gasteiger partial charge in [-0.3, -0.25) is 14.5 Å². The Labute approximate surface area is 149 Å². The van der Waals surface area contributed by atoms with E-state index in [9.17, 15) is 9.59 Å². The van der Waals surface area contributed by atoms with Crippen molar-refractivity contribution in [2.75, 3.05) is 49.9 Å². The van der Waals surface area contributed by atoms with E-state index in [1.165, 1.54) is 6.20 Å². The summed E-state index contributed by atoms with van der Waals surface area (Å²) in [5.41, 5.74) is 0.410. The molecule has 1 aromatic heterocycles. The summed E-state index contributed by atoms with van der Waals surface area (Å²) in [6.45, 7) is 12.2. The van der Waals surface area contributed by atoms with E-state index in [0.29, 0.717) is 50.1 Å². The third kappa shape index (κ3) is 5.12. The average Bonchev–Trinajstić information content (AvgIpc) is 2.56. The first-order valence-electron chi connectivity index (χ1n) is 8.68. The van der Waals surface area contributed by atoms with Gasteiger partial charge in [-0.05, 0) is 27.7 Å². The number of anilines is 2. The van der Waals surface area contributed by atoms with Crippen molar-refractivity contribution in [2.45, 2.75) is 33.2 Å². The van der Waals surface area contributed by atoms with Crippen molar-refractivity contribution in [3.05, 3.63) is 11.8 Å². The largest absolute Gasteiger partial charge is 0.368 e. The Bertz CT molecular complexity index is 614. The minimum absolute atomic E-state index is 0.00248. The zero-order chi connectivity index (χ0) is 18.4. The minimum atomic E-state index is 0.00248. The standard InChI is InChI=1S/C17H28N6O2/c1-5-18-16-20-10-13(12-24)15(21-16)19-6-7-22-8-9-23(11-14(22)25)17(2,3)4/h10,12H,5-9,11H2,1-4H3,(H2,18,19,20,21). The molecule has 0 saturated carbocycles.